The van der Waals surface area contributed by atoms with Crippen LogP contribution < -0.4 is 10.6 Å². The van der Waals surface area contributed by atoms with E-state index < -0.39 is 0 Å². The summed E-state index contributed by atoms with van der Waals surface area (Å²) in [7, 11) is 0. The number of likely N-dealkylation sites (tertiary alicyclic amines) is 1. The molecule has 0 unspecified atom stereocenters. The van der Waals surface area contributed by atoms with Crippen molar-refractivity contribution in [3.05, 3.63) is 11.7 Å². The van der Waals surface area contributed by atoms with Crippen molar-refractivity contribution in [3.63, 3.8) is 0 Å². The molecule has 2 aliphatic rings. The largest absolute Gasteiger partial charge is 0.381 e. The highest BCUT2D eigenvalue weighted by atomic mass is 16.5. The van der Waals surface area contributed by atoms with E-state index in [2.05, 4.69) is 34.6 Å². The molecule has 1 atom stereocenters. The number of carbonyl (C=O) groups is 1. The lowest BCUT2D eigenvalue weighted by molar-refractivity contribution is 0.0449. The minimum absolute atomic E-state index is 0.0374. The molecule has 0 saturated carbocycles. The lowest BCUT2D eigenvalue weighted by Crippen LogP contribution is -2.49. The Bertz CT molecular complexity index is 592. The fraction of sp³-hybridized carbons (Fsp3) is 0.842. The molecule has 152 valence electrons. The van der Waals surface area contributed by atoms with Crippen LogP contribution in [0.4, 0.5) is 4.79 Å². The molecule has 1 aromatic heterocycles. The third kappa shape index (κ3) is 5.19. The maximum absolute atomic E-state index is 12.0. The van der Waals surface area contributed by atoms with E-state index in [4.69, 9.17) is 9.26 Å². The van der Waals surface area contributed by atoms with Gasteiger partial charge in [0.15, 0.2) is 5.82 Å². The van der Waals surface area contributed by atoms with E-state index >= 15 is 0 Å². The Morgan fingerprint density at radius 2 is 1.93 bits per heavy atom. The van der Waals surface area contributed by atoms with Gasteiger partial charge in [-0.05, 0) is 38.5 Å². The molecule has 2 aliphatic heterocycles. The highest BCUT2D eigenvalue weighted by molar-refractivity contribution is 5.74. The Morgan fingerprint density at radius 1 is 1.22 bits per heavy atom. The third-order valence-corrected chi connectivity index (χ3v) is 5.50. The molecule has 2 N–H and O–H groups in total. The number of hydrogen-bond acceptors (Lipinski definition) is 6. The zero-order valence-corrected chi connectivity index (χ0v) is 16.7. The molecule has 2 fully saturated rings. The van der Waals surface area contributed by atoms with Crippen LogP contribution in [0.3, 0.4) is 0 Å². The number of urea groups is 1. The quantitative estimate of drug-likeness (QED) is 0.789. The van der Waals surface area contributed by atoms with Crippen LogP contribution in [0.5, 0.6) is 0 Å². The van der Waals surface area contributed by atoms with Crippen LogP contribution >= 0.6 is 0 Å². The van der Waals surface area contributed by atoms with Gasteiger partial charge in [0.05, 0.1) is 6.04 Å². The first-order chi connectivity index (χ1) is 13.1. The summed E-state index contributed by atoms with van der Waals surface area (Å²) in [6.45, 7) is 9.85. The van der Waals surface area contributed by atoms with Crippen LogP contribution in [0.1, 0.15) is 70.1 Å². The molecule has 0 bridgehead atoms. The second kappa shape index (κ2) is 9.50. The van der Waals surface area contributed by atoms with Crippen molar-refractivity contribution in [2.24, 2.45) is 5.92 Å². The van der Waals surface area contributed by atoms with Gasteiger partial charge >= 0.3 is 6.03 Å². The van der Waals surface area contributed by atoms with Crippen LogP contribution in [-0.2, 0) is 4.74 Å². The van der Waals surface area contributed by atoms with Crippen molar-refractivity contribution in [2.45, 2.75) is 64.5 Å². The van der Waals surface area contributed by atoms with Crippen molar-refractivity contribution in [2.75, 3.05) is 32.8 Å². The molecule has 27 heavy (non-hydrogen) atoms. The van der Waals surface area contributed by atoms with Crippen molar-refractivity contribution in [3.8, 4) is 0 Å². The summed E-state index contributed by atoms with van der Waals surface area (Å²) in [5.41, 5.74) is 0. The topological polar surface area (TPSA) is 92.5 Å². The summed E-state index contributed by atoms with van der Waals surface area (Å²) in [6.07, 6.45) is 3.85. The summed E-state index contributed by atoms with van der Waals surface area (Å²) in [6, 6.07) is 0.434. The Hall–Kier alpha value is -1.67. The van der Waals surface area contributed by atoms with Gasteiger partial charge in [0.25, 0.3) is 0 Å². The number of aromatic nitrogens is 2. The minimum Gasteiger partial charge on any atom is -0.381 e. The van der Waals surface area contributed by atoms with E-state index in [0.29, 0.717) is 24.4 Å². The molecule has 8 nitrogen and oxygen atoms in total. The van der Waals surface area contributed by atoms with Crippen LogP contribution in [0.2, 0.25) is 0 Å². The van der Waals surface area contributed by atoms with E-state index in [9.17, 15) is 4.79 Å². The number of nitrogens with one attached hydrogen (secondary N) is 2. The zero-order chi connectivity index (χ0) is 19.2. The summed E-state index contributed by atoms with van der Waals surface area (Å²) in [5.74, 6) is 2.13. The van der Waals surface area contributed by atoms with Crippen molar-refractivity contribution in [1.29, 1.82) is 0 Å². The first kappa shape index (κ1) is 20.1. The van der Waals surface area contributed by atoms with Gasteiger partial charge in [-0.3, -0.25) is 0 Å². The lowest BCUT2D eigenvalue weighted by Gasteiger charge is -2.36. The average Bonchev–Trinajstić information content (AvgIpc) is 3.18. The van der Waals surface area contributed by atoms with Gasteiger partial charge in [0, 0.05) is 44.8 Å². The average molecular weight is 380 g/mol. The Kier molecular flexibility index (Phi) is 7.07. The Morgan fingerprint density at radius 3 is 2.52 bits per heavy atom. The first-order valence-electron chi connectivity index (χ1n) is 10.3. The third-order valence-electron chi connectivity index (χ3n) is 5.50. The molecule has 2 amide bonds. The fourth-order valence-electron chi connectivity index (χ4n) is 3.83. The monoisotopic (exact) mass is 379 g/mol. The molecule has 0 radical (unpaired) electrons. The zero-order valence-electron chi connectivity index (χ0n) is 16.7. The number of carbonyl (C=O) groups excluding carboxylic acids is 1. The molecule has 2 saturated heterocycles. The van der Waals surface area contributed by atoms with Gasteiger partial charge in [0.2, 0.25) is 5.89 Å². The van der Waals surface area contributed by atoms with Crippen molar-refractivity contribution >= 4 is 6.03 Å². The van der Waals surface area contributed by atoms with E-state index in [1.54, 1.807) is 0 Å². The van der Waals surface area contributed by atoms with Gasteiger partial charge in [-0.2, -0.15) is 4.98 Å². The molecule has 3 heterocycles. The summed E-state index contributed by atoms with van der Waals surface area (Å²) in [4.78, 5) is 18.6. The van der Waals surface area contributed by atoms with Gasteiger partial charge in [-0.15, -0.1) is 0 Å². The first-order valence-corrected chi connectivity index (χ1v) is 10.3. The second-order valence-corrected chi connectivity index (χ2v) is 7.84. The molecule has 0 aliphatic carbocycles. The molecule has 0 aromatic carbocycles. The van der Waals surface area contributed by atoms with Crippen LogP contribution in [0.25, 0.3) is 0 Å². The fourth-order valence-corrected chi connectivity index (χ4v) is 3.83. The van der Waals surface area contributed by atoms with Crippen LogP contribution in [0.15, 0.2) is 4.52 Å². The van der Waals surface area contributed by atoms with Gasteiger partial charge < -0.3 is 24.8 Å². The summed E-state index contributed by atoms with van der Waals surface area (Å²) < 4.78 is 11.2. The van der Waals surface area contributed by atoms with E-state index in [1.165, 1.54) is 0 Å². The van der Waals surface area contributed by atoms with Crippen molar-refractivity contribution in [1.82, 2.24) is 25.7 Å². The molecule has 1 aromatic rings. The van der Waals surface area contributed by atoms with Gasteiger partial charge in [0.1, 0.15) is 0 Å². The maximum Gasteiger partial charge on any atom is 0.317 e. The van der Waals surface area contributed by atoms with Crippen LogP contribution in [0, 0.1) is 5.92 Å². The highest BCUT2D eigenvalue weighted by Gasteiger charge is 2.33. The van der Waals surface area contributed by atoms with E-state index in [1.807, 2.05) is 11.8 Å². The van der Waals surface area contributed by atoms with Crippen molar-refractivity contribution < 1.29 is 14.1 Å². The number of nitrogens with zero attached hydrogens (tertiary/aromatic N) is 3. The predicted molar refractivity (Wildman–Crippen MR) is 101 cm³/mol. The molecular weight excluding hydrogens is 346 g/mol. The summed E-state index contributed by atoms with van der Waals surface area (Å²) >= 11 is 0. The standard InChI is InChI=1S/C19H33N5O3/c1-4-20-19(25)24-9-5-15(6-10-24)21-16(14-7-11-26-12-8-14)18-22-17(13(2)3)23-27-18/h13-16,21H,4-12H2,1-3H3,(H,20,25)/t16-/m0/s1. The highest BCUT2D eigenvalue weighted by Crippen LogP contribution is 2.31. The molecule has 8 heteroatoms. The maximum atomic E-state index is 12.0. The predicted octanol–water partition coefficient (Wildman–Crippen LogP) is 2.44. The van der Waals surface area contributed by atoms with E-state index in [-0.39, 0.29) is 18.0 Å². The smallest absolute Gasteiger partial charge is 0.317 e. The number of hydrogen-bond donors (Lipinski definition) is 2. The number of amides is 2. The second-order valence-electron chi connectivity index (χ2n) is 7.84. The minimum atomic E-state index is 0.0374. The molecule has 0 spiro atoms. The van der Waals surface area contributed by atoms with Gasteiger partial charge in [-0.1, -0.05) is 19.0 Å². The Labute approximate surface area is 161 Å². The Balaban J connectivity index is 1.64. The number of rotatable bonds is 6. The lowest BCUT2D eigenvalue weighted by atomic mass is 9.90. The normalized spacial score (nSPS) is 20.8. The van der Waals surface area contributed by atoms with Crippen LogP contribution in [-0.4, -0.2) is 60.0 Å². The van der Waals surface area contributed by atoms with Gasteiger partial charge in [-0.25, -0.2) is 4.79 Å². The van der Waals surface area contributed by atoms with E-state index in [0.717, 1.165) is 57.8 Å². The number of piperidine rings is 1. The summed E-state index contributed by atoms with van der Waals surface area (Å²) in [5, 5.41) is 10.8. The number of ether oxygens (including phenoxy) is 1. The molecular formula is C19H33N5O3. The SMILES string of the molecule is CCNC(=O)N1CCC(N[C@H](c2nc(C(C)C)no2)C2CCOCC2)CC1. The molecule has 3 rings (SSSR count).